The highest BCUT2D eigenvalue weighted by atomic mass is 32.2. The molecule has 1 aliphatic rings. The van der Waals surface area contributed by atoms with E-state index in [1.807, 2.05) is 0 Å². The van der Waals surface area contributed by atoms with Crippen LogP contribution in [0.25, 0.3) is 0 Å². The Morgan fingerprint density at radius 2 is 2.24 bits per heavy atom. The quantitative estimate of drug-likeness (QED) is 0.771. The number of benzene rings is 1. The third-order valence-electron chi connectivity index (χ3n) is 3.44. The number of thioether (sulfide) groups is 1. The van der Waals surface area contributed by atoms with Gasteiger partial charge in [0, 0.05) is 10.1 Å². The van der Waals surface area contributed by atoms with Crippen LogP contribution in [0, 0.1) is 5.92 Å². The van der Waals surface area contributed by atoms with Crippen molar-refractivity contribution in [2.45, 2.75) is 43.3 Å². The number of rotatable bonds is 6. The SMILES string of the molecule is CCNCCC(C)CC1Cc2ccccc2S1. The first-order valence-electron chi connectivity index (χ1n) is 6.75. The highest BCUT2D eigenvalue weighted by Gasteiger charge is 2.23. The van der Waals surface area contributed by atoms with Gasteiger partial charge in [0.2, 0.25) is 0 Å². The lowest BCUT2D eigenvalue weighted by Crippen LogP contribution is -2.18. The van der Waals surface area contributed by atoms with E-state index in [0.717, 1.165) is 17.7 Å². The standard InChI is InChI=1S/C15H23NS/c1-3-16-9-8-12(2)10-14-11-13-6-4-5-7-15(13)17-14/h4-7,12,14,16H,3,8-11H2,1-2H3. The van der Waals surface area contributed by atoms with Gasteiger partial charge in [0.25, 0.3) is 0 Å². The summed E-state index contributed by atoms with van der Waals surface area (Å²) in [5.41, 5.74) is 1.56. The molecule has 1 N–H and O–H groups in total. The number of hydrogen-bond donors (Lipinski definition) is 1. The van der Waals surface area contributed by atoms with Crippen LogP contribution in [0.5, 0.6) is 0 Å². The molecule has 1 heterocycles. The molecule has 1 aromatic rings. The zero-order valence-corrected chi connectivity index (χ0v) is 11.7. The summed E-state index contributed by atoms with van der Waals surface area (Å²) in [6.07, 6.45) is 3.93. The fourth-order valence-corrected chi connectivity index (χ4v) is 3.98. The van der Waals surface area contributed by atoms with E-state index in [1.54, 1.807) is 5.56 Å². The Balaban J connectivity index is 1.75. The Kier molecular flexibility index (Phi) is 4.93. The maximum Gasteiger partial charge on any atom is 0.0138 e. The van der Waals surface area contributed by atoms with Crippen molar-refractivity contribution in [1.29, 1.82) is 0 Å². The van der Waals surface area contributed by atoms with Crippen LogP contribution in [0.15, 0.2) is 29.2 Å². The van der Waals surface area contributed by atoms with Crippen LogP contribution in [0.4, 0.5) is 0 Å². The summed E-state index contributed by atoms with van der Waals surface area (Å²) in [4.78, 5) is 1.51. The minimum Gasteiger partial charge on any atom is -0.317 e. The summed E-state index contributed by atoms with van der Waals surface area (Å²) in [5.74, 6) is 0.834. The summed E-state index contributed by atoms with van der Waals surface area (Å²) in [6.45, 7) is 6.83. The molecule has 0 saturated carbocycles. The average molecular weight is 249 g/mol. The molecule has 0 saturated heterocycles. The molecule has 0 bridgehead atoms. The van der Waals surface area contributed by atoms with Crippen LogP contribution in [0.3, 0.4) is 0 Å². The van der Waals surface area contributed by atoms with Gasteiger partial charge in [0.1, 0.15) is 0 Å². The normalized spacial score (nSPS) is 20.2. The molecule has 1 aliphatic heterocycles. The van der Waals surface area contributed by atoms with Gasteiger partial charge in [-0.1, -0.05) is 32.0 Å². The van der Waals surface area contributed by atoms with E-state index in [4.69, 9.17) is 0 Å². The third kappa shape index (κ3) is 3.75. The second kappa shape index (κ2) is 6.46. The second-order valence-electron chi connectivity index (χ2n) is 5.03. The number of nitrogens with one attached hydrogen (secondary N) is 1. The molecule has 94 valence electrons. The van der Waals surface area contributed by atoms with E-state index >= 15 is 0 Å². The Morgan fingerprint density at radius 1 is 1.41 bits per heavy atom. The molecule has 17 heavy (non-hydrogen) atoms. The average Bonchev–Trinajstić information content (AvgIpc) is 2.71. The second-order valence-corrected chi connectivity index (χ2v) is 6.38. The van der Waals surface area contributed by atoms with Crippen LogP contribution in [-0.4, -0.2) is 18.3 Å². The Morgan fingerprint density at radius 3 is 3.00 bits per heavy atom. The van der Waals surface area contributed by atoms with Crippen molar-refractivity contribution in [3.8, 4) is 0 Å². The predicted molar refractivity (Wildman–Crippen MR) is 76.7 cm³/mol. The van der Waals surface area contributed by atoms with Gasteiger partial charge >= 0.3 is 0 Å². The lowest BCUT2D eigenvalue weighted by molar-refractivity contribution is 0.467. The summed E-state index contributed by atoms with van der Waals surface area (Å²) in [6, 6.07) is 8.87. The van der Waals surface area contributed by atoms with Crippen LogP contribution >= 0.6 is 11.8 Å². The molecule has 1 aromatic carbocycles. The van der Waals surface area contributed by atoms with Crippen LogP contribution < -0.4 is 5.32 Å². The maximum atomic E-state index is 3.41. The smallest absolute Gasteiger partial charge is 0.0138 e. The fraction of sp³-hybridized carbons (Fsp3) is 0.600. The van der Waals surface area contributed by atoms with Crippen molar-refractivity contribution in [1.82, 2.24) is 5.32 Å². The molecule has 0 aliphatic carbocycles. The Labute approximate surface area is 109 Å². The van der Waals surface area contributed by atoms with Gasteiger partial charge in [-0.15, -0.1) is 11.8 Å². The molecule has 0 aromatic heterocycles. The number of fused-ring (bicyclic) bond motifs is 1. The fourth-order valence-electron chi connectivity index (χ4n) is 2.48. The zero-order chi connectivity index (χ0) is 12.1. The monoisotopic (exact) mass is 249 g/mol. The van der Waals surface area contributed by atoms with E-state index in [1.165, 1.54) is 30.7 Å². The molecule has 2 atom stereocenters. The van der Waals surface area contributed by atoms with Crippen LogP contribution in [-0.2, 0) is 6.42 Å². The van der Waals surface area contributed by atoms with Gasteiger partial charge in [-0.25, -0.2) is 0 Å². The van der Waals surface area contributed by atoms with E-state index in [2.05, 4.69) is 55.2 Å². The Hall–Kier alpha value is -0.470. The highest BCUT2D eigenvalue weighted by molar-refractivity contribution is 8.00. The molecule has 0 radical (unpaired) electrons. The number of hydrogen-bond acceptors (Lipinski definition) is 2. The zero-order valence-electron chi connectivity index (χ0n) is 10.9. The van der Waals surface area contributed by atoms with Gasteiger partial charge in [0.15, 0.2) is 0 Å². The minimum absolute atomic E-state index is 0.809. The van der Waals surface area contributed by atoms with E-state index in [9.17, 15) is 0 Å². The van der Waals surface area contributed by atoms with Gasteiger partial charge in [0.05, 0.1) is 0 Å². The first kappa shape index (κ1) is 13.0. The molecular formula is C15H23NS. The van der Waals surface area contributed by atoms with Crippen LogP contribution in [0.2, 0.25) is 0 Å². The first-order valence-corrected chi connectivity index (χ1v) is 7.62. The van der Waals surface area contributed by atoms with Gasteiger partial charge in [-0.3, -0.25) is 0 Å². The lowest BCUT2D eigenvalue weighted by Gasteiger charge is -2.15. The molecule has 1 nitrogen and oxygen atoms in total. The largest absolute Gasteiger partial charge is 0.317 e. The molecule has 0 amide bonds. The van der Waals surface area contributed by atoms with Gasteiger partial charge in [-0.2, -0.15) is 0 Å². The Bertz CT molecular complexity index is 326. The summed E-state index contributed by atoms with van der Waals surface area (Å²) in [5, 5.41) is 4.22. The van der Waals surface area contributed by atoms with E-state index in [-0.39, 0.29) is 0 Å². The third-order valence-corrected chi connectivity index (χ3v) is 4.79. The van der Waals surface area contributed by atoms with Crippen molar-refractivity contribution in [2.24, 2.45) is 5.92 Å². The topological polar surface area (TPSA) is 12.0 Å². The van der Waals surface area contributed by atoms with Crippen molar-refractivity contribution < 1.29 is 0 Å². The lowest BCUT2D eigenvalue weighted by atomic mass is 9.98. The first-order chi connectivity index (χ1) is 8.29. The van der Waals surface area contributed by atoms with Crippen molar-refractivity contribution in [3.05, 3.63) is 29.8 Å². The predicted octanol–water partition coefficient (Wildman–Crippen LogP) is 3.73. The molecule has 0 fully saturated rings. The van der Waals surface area contributed by atoms with Crippen molar-refractivity contribution in [2.75, 3.05) is 13.1 Å². The molecular weight excluding hydrogens is 226 g/mol. The van der Waals surface area contributed by atoms with Crippen molar-refractivity contribution >= 4 is 11.8 Å². The van der Waals surface area contributed by atoms with Gasteiger partial charge in [-0.05, 0) is 49.9 Å². The van der Waals surface area contributed by atoms with Crippen molar-refractivity contribution in [3.63, 3.8) is 0 Å². The molecule has 2 rings (SSSR count). The van der Waals surface area contributed by atoms with E-state index < -0.39 is 0 Å². The molecule has 2 heteroatoms. The molecule has 0 spiro atoms. The van der Waals surface area contributed by atoms with E-state index in [0.29, 0.717) is 0 Å². The van der Waals surface area contributed by atoms with Crippen LogP contribution in [0.1, 0.15) is 32.3 Å². The summed E-state index contributed by atoms with van der Waals surface area (Å²) >= 11 is 2.08. The maximum absolute atomic E-state index is 3.41. The van der Waals surface area contributed by atoms with Gasteiger partial charge < -0.3 is 5.32 Å². The summed E-state index contributed by atoms with van der Waals surface area (Å²) < 4.78 is 0. The minimum atomic E-state index is 0.809. The molecule has 2 unspecified atom stereocenters. The highest BCUT2D eigenvalue weighted by Crippen LogP contribution is 2.39. The summed E-state index contributed by atoms with van der Waals surface area (Å²) in [7, 11) is 0.